The Balaban J connectivity index is 1.35. The van der Waals surface area contributed by atoms with Gasteiger partial charge < -0.3 is 4.90 Å². The van der Waals surface area contributed by atoms with E-state index in [2.05, 4.69) is 9.97 Å². The van der Waals surface area contributed by atoms with Crippen molar-refractivity contribution >= 4 is 50.2 Å². The molecular formula is C18H17ClN4O3S3. The summed E-state index contributed by atoms with van der Waals surface area (Å²) in [5.41, 5.74) is 0.713. The second kappa shape index (κ2) is 8.49. The predicted octanol–water partition coefficient (Wildman–Crippen LogP) is 3.00. The van der Waals surface area contributed by atoms with Crippen LogP contribution in [0.1, 0.15) is 5.69 Å². The summed E-state index contributed by atoms with van der Waals surface area (Å²) in [4.78, 5) is 23.9. The molecule has 0 atom stereocenters. The molecule has 11 heteroatoms. The zero-order valence-electron chi connectivity index (χ0n) is 15.2. The van der Waals surface area contributed by atoms with Crippen molar-refractivity contribution in [2.45, 2.75) is 11.3 Å². The molecule has 1 saturated heterocycles. The first-order chi connectivity index (χ1) is 13.9. The summed E-state index contributed by atoms with van der Waals surface area (Å²) in [6, 6.07) is 6.87. The zero-order chi connectivity index (χ0) is 20.4. The number of hydrogen-bond acceptors (Lipinski definition) is 7. The number of rotatable bonds is 5. The Morgan fingerprint density at radius 3 is 2.62 bits per heavy atom. The number of amides is 1. The van der Waals surface area contributed by atoms with Gasteiger partial charge in [-0.25, -0.2) is 13.4 Å². The lowest BCUT2D eigenvalue weighted by Crippen LogP contribution is -2.50. The van der Waals surface area contributed by atoms with Crippen LogP contribution in [0.2, 0.25) is 4.34 Å². The lowest BCUT2D eigenvalue weighted by molar-refractivity contribution is -0.131. The molecule has 0 spiro atoms. The van der Waals surface area contributed by atoms with Crippen molar-refractivity contribution in [3.05, 3.63) is 52.1 Å². The summed E-state index contributed by atoms with van der Waals surface area (Å²) in [7, 11) is -3.58. The van der Waals surface area contributed by atoms with E-state index in [1.165, 1.54) is 45.4 Å². The lowest BCUT2D eigenvalue weighted by Gasteiger charge is -2.33. The van der Waals surface area contributed by atoms with Crippen molar-refractivity contribution in [2.75, 3.05) is 26.2 Å². The van der Waals surface area contributed by atoms with E-state index < -0.39 is 10.0 Å². The molecule has 29 heavy (non-hydrogen) atoms. The van der Waals surface area contributed by atoms with Crippen LogP contribution in [0.5, 0.6) is 0 Å². The minimum Gasteiger partial charge on any atom is -0.340 e. The van der Waals surface area contributed by atoms with E-state index in [0.717, 1.165) is 9.88 Å². The molecule has 0 bridgehead atoms. The number of carbonyl (C=O) groups excluding carboxylic acids is 1. The monoisotopic (exact) mass is 468 g/mol. The third kappa shape index (κ3) is 4.51. The summed E-state index contributed by atoms with van der Waals surface area (Å²) < 4.78 is 27.4. The van der Waals surface area contributed by atoms with Gasteiger partial charge in [0.05, 0.1) is 21.3 Å². The van der Waals surface area contributed by atoms with Gasteiger partial charge >= 0.3 is 0 Å². The van der Waals surface area contributed by atoms with Crippen molar-refractivity contribution in [2.24, 2.45) is 0 Å². The fourth-order valence-corrected chi connectivity index (χ4v) is 6.35. The first kappa shape index (κ1) is 20.4. The van der Waals surface area contributed by atoms with Crippen LogP contribution in [0.15, 0.2) is 46.9 Å². The molecule has 0 radical (unpaired) electrons. The fraction of sp³-hybridized carbons (Fsp3) is 0.278. The molecule has 7 nitrogen and oxygen atoms in total. The first-order valence-corrected chi connectivity index (χ1v) is 12.3. The molecule has 0 N–H and O–H groups in total. The van der Waals surface area contributed by atoms with E-state index in [-0.39, 0.29) is 30.3 Å². The van der Waals surface area contributed by atoms with Crippen LogP contribution in [0.4, 0.5) is 0 Å². The van der Waals surface area contributed by atoms with Gasteiger partial charge in [-0.3, -0.25) is 9.78 Å². The van der Waals surface area contributed by atoms with Gasteiger partial charge in [-0.1, -0.05) is 11.6 Å². The molecule has 1 aliphatic rings. The minimum atomic E-state index is -3.58. The number of carbonyl (C=O) groups is 1. The Bertz CT molecular complexity index is 1110. The maximum Gasteiger partial charge on any atom is 0.244 e. The molecule has 0 unspecified atom stereocenters. The topological polar surface area (TPSA) is 83.5 Å². The number of nitrogens with zero attached hydrogens (tertiary/aromatic N) is 4. The van der Waals surface area contributed by atoms with Crippen LogP contribution < -0.4 is 0 Å². The van der Waals surface area contributed by atoms with Gasteiger partial charge in [0.2, 0.25) is 15.9 Å². The number of thiophene rings is 1. The van der Waals surface area contributed by atoms with Gasteiger partial charge in [0.1, 0.15) is 9.90 Å². The van der Waals surface area contributed by atoms with Crippen molar-refractivity contribution < 1.29 is 13.2 Å². The van der Waals surface area contributed by atoms with E-state index in [9.17, 15) is 13.2 Å². The van der Waals surface area contributed by atoms with E-state index in [1.54, 1.807) is 11.0 Å². The Morgan fingerprint density at radius 1 is 1.17 bits per heavy atom. The number of pyridine rings is 1. The maximum atomic E-state index is 12.7. The smallest absolute Gasteiger partial charge is 0.244 e. The number of piperazine rings is 1. The second-order valence-electron chi connectivity index (χ2n) is 6.40. The molecule has 0 saturated carbocycles. The molecule has 152 valence electrons. The molecule has 1 amide bonds. The molecule has 3 aromatic heterocycles. The van der Waals surface area contributed by atoms with E-state index >= 15 is 0 Å². The van der Waals surface area contributed by atoms with Gasteiger partial charge in [-0.05, 0) is 24.3 Å². The summed E-state index contributed by atoms with van der Waals surface area (Å²) in [6.45, 7) is 1.24. The molecule has 0 aliphatic carbocycles. The van der Waals surface area contributed by atoms with Crippen LogP contribution in [-0.2, 0) is 21.2 Å². The molecule has 1 aliphatic heterocycles. The average molecular weight is 469 g/mol. The maximum absolute atomic E-state index is 12.7. The molecule has 4 heterocycles. The highest BCUT2D eigenvalue weighted by Gasteiger charge is 2.30. The van der Waals surface area contributed by atoms with E-state index in [0.29, 0.717) is 23.1 Å². The average Bonchev–Trinajstić information content (AvgIpc) is 3.37. The summed E-state index contributed by atoms with van der Waals surface area (Å²) in [6.07, 6.45) is 3.07. The number of halogens is 1. The van der Waals surface area contributed by atoms with Gasteiger partial charge in [0.25, 0.3) is 0 Å². The Morgan fingerprint density at radius 2 is 1.97 bits per heavy atom. The second-order valence-corrected chi connectivity index (χ2v) is 10.9. The van der Waals surface area contributed by atoms with Crippen LogP contribution in [0.25, 0.3) is 9.88 Å². The largest absolute Gasteiger partial charge is 0.340 e. The standard InChI is InChI=1S/C18H17ClN4O3S3/c19-16-4-3-15(28-16)18-21-13(12-27-18)10-17(24)22-6-8-23(9-7-22)29(25,26)14-2-1-5-20-11-14/h1-5,11-12H,6-10H2. The summed E-state index contributed by atoms with van der Waals surface area (Å²) in [5, 5.41) is 2.72. The Hall–Kier alpha value is -1.85. The van der Waals surface area contributed by atoms with Crippen LogP contribution >= 0.6 is 34.3 Å². The van der Waals surface area contributed by atoms with Crippen molar-refractivity contribution in [1.29, 1.82) is 0 Å². The molecule has 1 fully saturated rings. The zero-order valence-corrected chi connectivity index (χ0v) is 18.4. The van der Waals surface area contributed by atoms with Crippen molar-refractivity contribution in [3.63, 3.8) is 0 Å². The highest BCUT2D eigenvalue weighted by atomic mass is 35.5. The molecule has 3 aromatic rings. The number of thiazole rings is 1. The highest BCUT2D eigenvalue weighted by Crippen LogP contribution is 2.33. The summed E-state index contributed by atoms with van der Waals surface area (Å²) >= 11 is 8.91. The Kier molecular flexibility index (Phi) is 5.98. The van der Waals surface area contributed by atoms with Gasteiger partial charge in [-0.15, -0.1) is 22.7 Å². The SMILES string of the molecule is O=C(Cc1csc(-c2ccc(Cl)s2)n1)N1CCN(S(=O)(=O)c2cccnc2)CC1. The van der Waals surface area contributed by atoms with E-state index in [1.807, 2.05) is 17.5 Å². The van der Waals surface area contributed by atoms with Crippen LogP contribution in [0, 0.1) is 0 Å². The third-order valence-corrected chi connectivity index (χ3v) is 8.71. The van der Waals surface area contributed by atoms with Gasteiger partial charge in [0.15, 0.2) is 0 Å². The number of sulfonamides is 1. The Labute approximate surface area is 181 Å². The molecule has 0 aromatic carbocycles. The van der Waals surface area contributed by atoms with Crippen molar-refractivity contribution in [3.8, 4) is 9.88 Å². The lowest BCUT2D eigenvalue weighted by atomic mass is 10.2. The first-order valence-electron chi connectivity index (χ1n) is 8.81. The third-order valence-electron chi connectivity index (χ3n) is 4.53. The molecular weight excluding hydrogens is 452 g/mol. The number of hydrogen-bond donors (Lipinski definition) is 0. The van der Waals surface area contributed by atoms with Crippen LogP contribution in [0.3, 0.4) is 0 Å². The van der Waals surface area contributed by atoms with E-state index in [4.69, 9.17) is 11.6 Å². The van der Waals surface area contributed by atoms with Gasteiger partial charge in [-0.2, -0.15) is 4.31 Å². The predicted molar refractivity (Wildman–Crippen MR) is 114 cm³/mol. The quantitative estimate of drug-likeness (QED) is 0.574. The minimum absolute atomic E-state index is 0.0514. The summed E-state index contributed by atoms with van der Waals surface area (Å²) in [5.74, 6) is -0.0514. The number of aromatic nitrogens is 2. The highest BCUT2D eigenvalue weighted by molar-refractivity contribution is 7.89. The normalized spacial score (nSPS) is 15.6. The van der Waals surface area contributed by atoms with Crippen molar-refractivity contribution in [1.82, 2.24) is 19.2 Å². The van der Waals surface area contributed by atoms with Crippen LogP contribution in [-0.4, -0.2) is 59.7 Å². The fourth-order valence-electron chi connectivity index (χ4n) is 3.02. The van der Waals surface area contributed by atoms with Gasteiger partial charge in [0, 0.05) is 44.0 Å². The molecule has 4 rings (SSSR count).